The molecule has 98 valence electrons. The Hall–Kier alpha value is -1.65. The molecule has 5 heteroatoms. The second-order valence-electron chi connectivity index (χ2n) is 4.87. The van der Waals surface area contributed by atoms with Crippen molar-refractivity contribution in [2.24, 2.45) is 5.41 Å². The molecule has 1 aliphatic rings. The zero-order valence-corrected chi connectivity index (χ0v) is 10.3. The van der Waals surface area contributed by atoms with Gasteiger partial charge in [-0.2, -0.15) is 8.78 Å². The van der Waals surface area contributed by atoms with Crippen LogP contribution in [0.3, 0.4) is 0 Å². The number of halogens is 2. The molecule has 1 aromatic carbocycles. The third-order valence-electron chi connectivity index (χ3n) is 3.20. The zero-order valence-electron chi connectivity index (χ0n) is 10.3. The van der Waals surface area contributed by atoms with Gasteiger partial charge in [-0.1, -0.05) is 6.92 Å². The molecule has 0 radical (unpaired) electrons. The fraction of sp³-hybridized carbons (Fsp3) is 0.462. The van der Waals surface area contributed by atoms with Crippen molar-refractivity contribution in [2.75, 3.05) is 5.32 Å². The summed E-state index contributed by atoms with van der Waals surface area (Å²) in [6.45, 7) is 0.727. The summed E-state index contributed by atoms with van der Waals surface area (Å²) in [5.41, 5.74) is 0.910. The Morgan fingerprint density at radius 3 is 2.61 bits per heavy atom. The van der Waals surface area contributed by atoms with E-state index in [2.05, 4.69) is 10.1 Å². The van der Waals surface area contributed by atoms with Crippen LogP contribution < -0.4 is 10.1 Å². The van der Waals surface area contributed by atoms with E-state index in [1.807, 2.05) is 6.92 Å². The van der Waals surface area contributed by atoms with Crippen molar-refractivity contribution < 1.29 is 18.3 Å². The molecule has 0 bridgehead atoms. The standard InChI is InChI=1S/C13H15F2NO2/c1-8-7-9(3-4-10(8)18-12(14)15)16-11(17)13(2)5-6-13/h3-4,7,12H,5-6H2,1-2H3,(H,16,17). The maximum atomic E-state index is 12.1. The van der Waals surface area contributed by atoms with Crippen LogP contribution in [0, 0.1) is 12.3 Å². The molecule has 1 N–H and O–H groups in total. The number of hydrogen-bond donors (Lipinski definition) is 1. The second-order valence-corrected chi connectivity index (χ2v) is 4.87. The van der Waals surface area contributed by atoms with Crippen molar-refractivity contribution in [3.63, 3.8) is 0 Å². The van der Waals surface area contributed by atoms with Crippen molar-refractivity contribution in [1.29, 1.82) is 0 Å². The van der Waals surface area contributed by atoms with Crippen LogP contribution in [-0.2, 0) is 4.79 Å². The molecule has 0 heterocycles. The van der Waals surface area contributed by atoms with E-state index in [4.69, 9.17) is 0 Å². The number of carbonyl (C=O) groups excluding carboxylic acids is 1. The largest absolute Gasteiger partial charge is 0.435 e. The van der Waals surface area contributed by atoms with E-state index in [0.29, 0.717) is 11.3 Å². The Bertz CT molecular complexity index is 470. The van der Waals surface area contributed by atoms with Crippen LogP contribution in [-0.4, -0.2) is 12.5 Å². The van der Waals surface area contributed by atoms with Gasteiger partial charge in [-0.25, -0.2) is 0 Å². The summed E-state index contributed by atoms with van der Waals surface area (Å²) in [6.07, 6.45) is 1.79. The monoisotopic (exact) mass is 255 g/mol. The molecule has 3 nitrogen and oxygen atoms in total. The molecule has 1 saturated carbocycles. The molecule has 0 aliphatic heterocycles. The molecule has 1 fully saturated rings. The van der Waals surface area contributed by atoms with Crippen molar-refractivity contribution in [3.8, 4) is 5.75 Å². The molecular weight excluding hydrogens is 240 g/mol. The lowest BCUT2D eigenvalue weighted by atomic mass is 10.1. The van der Waals surface area contributed by atoms with Gasteiger partial charge in [0.1, 0.15) is 5.75 Å². The van der Waals surface area contributed by atoms with Gasteiger partial charge in [0.2, 0.25) is 5.91 Å². The minimum atomic E-state index is -2.84. The number of aryl methyl sites for hydroxylation is 1. The summed E-state index contributed by atoms with van der Waals surface area (Å²) < 4.78 is 28.5. The summed E-state index contributed by atoms with van der Waals surface area (Å²) >= 11 is 0. The van der Waals surface area contributed by atoms with Gasteiger partial charge in [0.25, 0.3) is 0 Å². The first-order chi connectivity index (χ1) is 8.40. The molecule has 0 aromatic heterocycles. The highest BCUT2D eigenvalue weighted by Crippen LogP contribution is 2.45. The van der Waals surface area contributed by atoms with Crippen LogP contribution in [0.4, 0.5) is 14.5 Å². The van der Waals surface area contributed by atoms with Gasteiger partial charge in [-0.15, -0.1) is 0 Å². The van der Waals surface area contributed by atoms with Gasteiger partial charge in [-0.3, -0.25) is 4.79 Å². The van der Waals surface area contributed by atoms with E-state index in [-0.39, 0.29) is 17.1 Å². The van der Waals surface area contributed by atoms with Crippen LogP contribution >= 0.6 is 0 Å². The number of hydrogen-bond acceptors (Lipinski definition) is 2. The lowest BCUT2D eigenvalue weighted by Crippen LogP contribution is -2.21. The van der Waals surface area contributed by atoms with Crippen LogP contribution in [0.5, 0.6) is 5.75 Å². The molecule has 0 atom stereocenters. The first-order valence-corrected chi connectivity index (χ1v) is 5.78. The van der Waals surface area contributed by atoms with E-state index in [9.17, 15) is 13.6 Å². The Labute approximate surface area is 104 Å². The fourth-order valence-corrected chi connectivity index (χ4v) is 1.65. The number of benzene rings is 1. The van der Waals surface area contributed by atoms with Crippen molar-refractivity contribution in [3.05, 3.63) is 23.8 Å². The average molecular weight is 255 g/mol. The van der Waals surface area contributed by atoms with Gasteiger partial charge < -0.3 is 10.1 Å². The second kappa shape index (κ2) is 4.55. The van der Waals surface area contributed by atoms with Crippen LogP contribution in [0.2, 0.25) is 0 Å². The SMILES string of the molecule is Cc1cc(NC(=O)C2(C)CC2)ccc1OC(F)F. The molecule has 2 rings (SSSR count). The number of carbonyl (C=O) groups is 1. The van der Waals surface area contributed by atoms with Gasteiger partial charge in [0.15, 0.2) is 0 Å². The molecule has 18 heavy (non-hydrogen) atoms. The molecule has 1 aromatic rings. The summed E-state index contributed by atoms with van der Waals surface area (Å²) in [6, 6.07) is 4.63. The maximum absolute atomic E-state index is 12.1. The van der Waals surface area contributed by atoms with Gasteiger partial charge >= 0.3 is 6.61 Å². The number of rotatable bonds is 4. The number of ether oxygens (including phenoxy) is 1. The smallest absolute Gasteiger partial charge is 0.387 e. The fourth-order valence-electron chi connectivity index (χ4n) is 1.65. The number of nitrogens with one attached hydrogen (secondary N) is 1. The van der Waals surface area contributed by atoms with E-state index in [1.54, 1.807) is 19.1 Å². The minimum Gasteiger partial charge on any atom is -0.435 e. The first-order valence-electron chi connectivity index (χ1n) is 5.78. The highest BCUT2D eigenvalue weighted by molar-refractivity contribution is 5.96. The zero-order chi connectivity index (χ0) is 13.3. The third-order valence-corrected chi connectivity index (χ3v) is 3.20. The third kappa shape index (κ3) is 2.78. The summed E-state index contributed by atoms with van der Waals surface area (Å²) in [7, 11) is 0. The molecule has 0 spiro atoms. The summed E-state index contributed by atoms with van der Waals surface area (Å²) in [4.78, 5) is 11.8. The minimum absolute atomic E-state index is 0.0237. The van der Waals surface area contributed by atoms with Crippen molar-refractivity contribution >= 4 is 11.6 Å². The lowest BCUT2D eigenvalue weighted by molar-refractivity contribution is -0.120. The van der Waals surface area contributed by atoms with Crippen LogP contribution in [0.15, 0.2) is 18.2 Å². The van der Waals surface area contributed by atoms with Crippen LogP contribution in [0.25, 0.3) is 0 Å². The number of amides is 1. The van der Waals surface area contributed by atoms with E-state index >= 15 is 0 Å². The Morgan fingerprint density at radius 1 is 1.44 bits per heavy atom. The normalized spacial score (nSPS) is 16.5. The van der Waals surface area contributed by atoms with Crippen molar-refractivity contribution in [2.45, 2.75) is 33.3 Å². The predicted octanol–water partition coefficient (Wildman–Crippen LogP) is 3.34. The number of alkyl halides is 2. The van der Waals surface area contributed by atoms with E-state index in [0.717, 1.165) is 12.8 Å². The van der Waals surface area contributed by atoms with E-state index in [1.165, 1.54) is 6.07 Å². The highest BCUT2D eigenvalue weighted by atomic mass is 19.3. The molecule has 1 amide bonds. The topological polar surface area (TPSA) is 38.3 Å². The van der Waals surface area contributed by atoms with Crippen LogP contribution in [0.1, 0.15) is 25.3 Å². The van der Waals surface area contributed by atoms with Gasteiger partial charge in [0.05, 0.1) is 0 Å². The molecule has 0 saturated heterocycles. The summed E-state index contributed by atoms with van der Waals surface area (Å²) in [5, 5.41) is 2.78. The number of anilines is 1. The molecular formula is C13H15F2NO2. The lowest BCUT2D eigenvalue weighted by Gasteiger charge is -2.12. The maximum Gasteiger partial charge on any atom is 0.387 e. The van der Waals surface area contributed by atoms with E-state index < -0.39 is 6.61 Å². The van der Waals surface area contributed by atoms with Gasteiger partial charge in [-0.05, 0) is 43.5 Å². The van der Waals surface area contributed by atoms with Crippen molar-refractivity contribution in [1.82, 2.24) is 0 Å². The Balaban J connectivity index is 2.06. The van der Waals surface area contributed by atoms with Gasteiger partial charge in [0, 0.05) is 11.1 Å². The average Bonchev–Trinajstić information content (AvgIpc) is 3.01. The summed E-state index contributed by atoms with van der Waals surface area (Å²) in [5.74, 6) is 0.102. The molecule has 1 aliphatic carbocycles. The Kier molecular flexibility index (Phi) is 3.24. The quantitative estimate of drug-likeness (QED) is 0.896. The Morgan fingerprint density at radius 2 is 2.11 bits per heavy atom. The predicted molar refractivity (Wildman–Crippen MR) is 63.8 cm³/mol. The highest BCUT2D eigenvalue weighted by Gasteiger charge is 2.44. The first kappa shape index (κ1) is 12.8. The molecule has 0 unspecified atom stereocenters.